The van der Waals surface area contributed by atoms with Gasteiger partial charge >= 0.3 is 0 Å². The van der Waals surface area contributed by atoms with Gasteiger partial charge in [-0.15, -0.1) is 0 Å². The largest absolute Gasteiger partial charge is 0.384 e. The summed E-state index contributed by atoms with van der Waals surface area (Å²) in [4.78, 5) is 15.5. The number of fused-ring (bicyclic) bond motifs is 3. The van der Waals surface area contributed by atoms with Crippen molar-refractivity contribution in [1.82, 2.24) is 10.3 Å². The molecule has 0 saturated heterocycles. The molecule has 0 saturated carbocycles. The number of carbonyl (C=O) groups excluding carboxylic acids is 1. The highest BCUT2D eigenvalue weighted by atomic mass is 16.5. The monoisotopic (exact) mass is 300 g/mol. The summed E-state index contributed by atoms with van der Waals surface area (Å²) in [6, 6.07) is 4.71. The summed E-state index contributed by atoms with van der Waals surface area (Å²) < 4.78 is 4.96. The maximum absolute atomic E-state index is 11.9. The van der Waals surface area contributed by atoms with Crippen molar-refractivity contribution in [2.24, 2.45) is 0 Å². The predicted molar refractivity (Wildman–Crippen MR) is 88.2 cm³/mol. The number of amides is 1. The third-order valence-corrected chi connectivity index (χ3v) is 4.54. The molecule has 2 aromatic rings. The number of hydrogen-bond acceptors (Lipinski definition) is 2. The van der Waals surface area contributed by atoms with Crippen LogP contribution in [-0.2, 0) is 22.4 Å². The van der Waals surface area contributed by atoms with Crippen LogP contribution in [0.5, 0.6) is 0 Å². The molecular formula is C18H24N2O2. The number of aromatic amines is 1. The minimum atomic E-state index is 0.0857. The molecule has 0 unspecified atom stereocenters. The Morgan fingerprint density at radius 2 is 2.23 bits per heavy atom. The van der Waals surface area contributed by atoms with Crippen molar-refractivity contribution >= 4 is 16.8 Å². The summed E-state index contributed by atoms with van der Waals surface area (Å²) in [6.45, 7) is 4.77. The zero-order valence-electron chi connectivity index (χ0n) is 13.6. The van der Waals surface area contributed by atoms with Crippen LogP contribution in [-0.4, -0.2) is 30.6 Å². The van der Waals surface area contributed by atoms with Crippen LogP contribution in [0.15, 0.2) is 12.1 Å². The van der Waals surface area contributed by atoms with E-state index in [4.69, 9.17) is 4.74 Å². The second-order valence-corrected chi connectivity index (χ2v) is 6.34. The Hall–Kier alpha value is -1.81. The third kappa shape index (κ3) is 2.88. The number of aryl methyl sites for hydroxylation is 3. The standard InChI is InChI=1S/C18H24N2O2/c1-11-8-12(2)18-15(9-11)14-10-13(4-5-16(14)20-18)19-17(21)6-7-22-3/h8-9,13,20H,4-7,10H2,1-3H3,(H,19,21)/t13-/m1/s1. The van der Waals surface area contributed by atoms with E-state index in [1.54, 1.807) is 7.11 Å². The van der Waals surface area contributed by atoms with Crippen molar-refractivity contribution in [3.8, 4) is 0 Å². The fourth-order valence-corrected chi connectivity index (χ4v) is 3.49. The molecule has 1 aliphatic carbocycles. The topological polar surface area (TPSA) is 54.1 Å². The maximum atomic E-state index is 11.9. The molecule has 1 amide bonds. The number of rotatable bonds is 4. The normalized spacial score (nSPS) is 17.5. The predicted octanol–water partition coefficient (Wildman–Crippen LogP) is 2.79. The van der Waals surface area contributed by atoms with Gasteiger partial charge in [0, 0.05) is 36.2 Å². The molecule has 3 rings (SSSR count). The third-order valence-electron chi connectivity index (χ3n) is 4.54. The minimum Gasteiger partial charge on any atom is -0.384 e. The molecule has 0 bridgehead atoms. The number of H-pyrrole nitrogens is 1. The van der Waals surface area contributed by atoms with Gasteiger partial charge in [0.05, 0.1) is 6.61 Å². The second-order valence-electron chi connectivity index (χ2n) is 6.34. The van der Waals surface area contributed by atoms with E-state index in [2.05, 4.69) is 36.3 Å². The van der Waals surface area contributed by atoms with Crippen molar-refractivity contribution in [3.05, 3.63) is 34.5 Å². The van der Waals surface area contributed by atoms with E-state index in [0.717, 1.165) is 19.3 Å². The summed E-state index contributed by atoms with van der Waals surface area (Å²) in [5, 5.41) is 4.47. The van der Waals surface area contributed by atoms with Crippen molar-refractivity contribution in [2.75, 3.05) is 13.7 Å². The number of methoxy groups -OCH3 is 1. The molecule has 4 nitrogen and oxygen atoms in total. The molecule has 1 aromatic carbocycles. The van der Waals surface area contributed by atoms with Crippen molar-refractivity contribution in [1.29, 1.82) is 0 Å². The van der Waals surface area contributed by atoms with Gasteiger partial charge in [0.25, 0.3) is 0 Å². The van der Waals surface area contributed by atoms with E-state index >= 15 is 0 Å². The van der Waals surface area contributed by atoms with Gasteiger partial charge in [-0.1, -0.05) is 11.6 Å². The fraction of sp³-hybridized carbons (Fsp3) is 0.500. The first-order chi connectivity index (χ1) is 10.6. The van der Waals surface area contributed by atoms with E-state index in [1.807, 2.05) is 0 Å². The zero-order valence-corrected chi connectivity index (χ0v) is 13.6. The first-order valence-electron chi connectivity index (χ1n) is 7.97. The van der Waals surface area contributed by atoms with E-state index < -0.39 is 0 Å². The van der Waals surface area contributed by atoms with Crippen LogP contribution < -0.4 is 5.32 Å². The van der Waals surface area contributed by atoms with Gasteiger partial charge in [-0.05, 0) is 50.3 Å². The van der Waals surface area contributed by atoms with Gasteiger partial charge in [0.15, 0.2) is 0 Å². The van der Waals surface area contributed by atoms with E-state index in [9.17, 15) is 4.79 Å². The summed E-state index contributed by atoms with van der Waals surface area (Å²) >= 11 is 0. The van der Waals surface area contributed by atoms with E-state index in [0.29, 0.717) is 13.0 Å². The van der Waals surface area contributed by atoms with Crippen molar-refractivity contribution in [3.63, 3.8) is 0 Å². The Morgan fingerprint density at radius 1 is 1.41 bits per heavy atom. The molecular weight excluding hydrogens is 276 g/mol. The maximum Gasteiger partial charge on any atom is 0.222 e. The second kappa shape index (κ2) is 6.13. The molecule has 0 fully saturated rings. The Labute approximate surface area is 131 Å². The summed E-state index contributed by atoms with van der Waals surface area (Å²) in [7, 11) is 1.62. The van der Waals surface area contributed by atoms with Gasteiger partial charge < -0.3 is 15.0 Å². The lowest BCUT2D eigenvalue weighted by Crippen LogP contribution is -2.39. The van der Waals surface area contributed by atoms with Gasteiger partial charge in [-0.25, -0.2) is 0 Å². The first-order valence-corrected chi connectivity index (χ1v) is 7.97. The Bertz CT molecular complexity index is 703. The highest BCUT2D eigenvalue weighted by Gasteiger charge is 2.24. The molecule has 0 aliphatic heterocycles. The zero-order chi connectivity index (χ0) is 15.7. The van der Waals surface area contributed by atoms with Crippen LogP contribution in [0.1, 0.15) is 35.2 Å². The summed E-state index contributed by atoms with van der Waals surface area (Å²) in [5.41, 5.74) is 6.56. The van der Waals surface area contributed by atoms with Crippen molar-refractivity contribution < 1.29 is 9.53 Å². The summed E-state index contributed by atoms with van der Waals surface area (Å²) in [5.74, 6) is 0.0857. The quantitative estimate of drug-likeness (QED) is 0.912. The molecule has 118 valence electrons. The average Bonchev–Trinajstić information content (AvgIpc) is 2.84. The number of benzene rings is 1. The van der Waals surface area contributed by atoms with Crippen molar-refractivity contribution in [2.45, 2.75) is 45.6 Å². The van der Waals surface area contributed by atoms with Crippen LogP contribution in [0.2, 0.25) is 0 Å². The van der Waals surface area contributed by atoms with E-state index in [1.165, 1.54) is 33.3 Å². The summed E-state index contributed by atoms with van der Waals surface area (Å²) in [6.07, 6.45) is 3.34. The number of nitrogens with one attached hydrogen (secondary N) is 2. The molecule has 0 spiro atoms. The van der Waals surface area contributed by atoms with Crippen LogP contribution in [0, 0.1) is 13.8 Å². The molecule has 1 aromatic heterocycles. The lowest BCUT2D eigenvalue weighted by Gasteiger charge is -2.23. The lowest BCUT2D eigenvalue weighted by molar-refractivity contribution is -0.122. The first kappa shape index (κ1) is 15.1. The fourth-order valence-electron chi connectivity index (χ4n) is 3.49. The SMILES string of the molecule is COCCC(=O)N[C@@H]1CCc2[nH]c3c(C)cc(C)cc3c2C1. The Kier molecular flexibility index (Phi) is 4.21. The smallest absolute Gasteiger partial charge is 0.222 e. The highest BCUT2D eigenvalue weighted by Crippen LogP contribution is 2.31. The number of ether oxygens (including phenoxy) is 1. The molecule has 22 heavy (non-hydrogen) atoms. The van der Waals surface area contributed by atoms with Crippen LogP contribution in [0.25, 0.3) is 10.9 Å². The average molecular weight is 300 g/mol. The van der Waals surface area contributed by atoms with E-state index in [-0.39, 0.29) is 11.9 Å². The van der Waals surface area contributed by atoms with Gasteiger partial charge in [0.1, 0.15) is 0 Å². The van der Waals surface area contributed by atoms with Crippen LogP contribution in [0.4, 0.5) is 0 Å². The van der Waals surface area contributed by atoms with Gasteiger partial charge in [-0.2, -0.15) is 0 Å². The number of aromatic nitrogens is 1. The Morgan fingerprint density at radius 3 is 3.00 bits per heavy atom. The lowest BCUT2D eigenvalue weighted by atomic mass is 9.90. The molecule has 1 aliphatic rings. The van der Waals surface area contributed by atoms with Crippen LogP contribution in [0.3, 0.4) is 0 Å². The highest BCUT2D eigenvalue weighted by molar-refractivity contribution is 5.88. The van der Waals surface area contributed by atoms with Gasteiger partial charge in [0.2, 0.25) is 5.91 Å². The number of carbonyl (C=O) groups is 1. The van der Waals surface area contributed by atoms with Crippen LogP contribution >= 0.6 is 0 Å². The minimum absolute atomic E-state index is 0.0857. The molecule has 4 heteroatoms. The molecule has 2 N–H and O–H groups in total. The molecule has 1 atom stereocenters. The molecule has 0 radical (unpaired) electrons. The Balaban J connectivity index is 1.81. The number of hydrogen-bond donors (Lipinski definition) is 2. The molecule has 1 heterocycles. The van der Waals surface area contributed by atoms with Gasteiger partial charge in [-0.3, -0.25) is 4.79 Å².